The molecule has 0 aliphatic heterocycles. The van der Waals surface area contributed by atoms with Crippen LogP contribution in [-0.4, -0.2) is 22.5 Å². The third-order valence-electron chi connectivity index (χ3n) is 7.64. The largest absolute Gasteiger partial charge is 0.411 e. The van der Waals surface area contributed by atoms with E-state index >= 15 is 0 Å². The van der Waals surface area contributed by atoms with E-state index < -0.39 is 0 Å². The topological polar surface area (TPSA) is 66.7 Å². The smallest absolute Gasteiger partial charge is 0.156 e. The van der Waals surface area contributed by atoms with E-state index in [2.05, 4.69) is 19.0 Å². The fourth-order valence-corrected chi connectivity index (χ4v) is 6.28. The van der Waals surface area contributed by atoms with E-state index in [1.807, 2.05) is 0 Å². The average molecular weight is 315 g/mol. The van der Waals surface area contributed by atoms with Crippen LogP contribution in [0.15, 0.2) is 16.8 Å². The van der Waals surface area contributed by atoms with Gasteiger partial charge in [-0.3, -0.25) is 9.59 Å². The van der Waals surface area contributed by atoms with Crippen molar-refractivity contribution < 1.29 is 14.8 Å². The van der Waals surface area contributed by atoms with Crippen LogP contribution in [0.1, 0.15) is 58.8 Å². The number of allylic oxidation sites excluding steroid dienone is 1. The van der Waals surface area contributed by atoms with Gasteiger partial charge in [0.1, 0.15) is 5.78 Å². The molecule has 4 rings (SSSR count). The standard InChI is InChI=1S/C19H25NO3/c1-18-7-5-11(21)9-15(18)16(20-23)10-12-13-3-4-17(22)19(13,2)8-6-14(12)18/h9,12-14,23H,3-8,10H2,1-2H3/t12-,13-,14-,18+,19-/m0/s1. The van der Waals surface area contributed by atoms with Crippen LogP contribution in [0.25, 0.3) is 0 Å². The quantitative estimate of drug-likeness (QED) is 0.549. The summed E-state index contributed by atoms with van der Waals surface area (Å²) in [5.74, 6) is 1.88. The molecule has 23 heavy (non-hydrogen) atoms. The van der Waals surface area contributed by atoms with Crippen LogP contribution in [0.5, 0.6) is 0 Å². The summed E-state index contributed by atoms with van der Waals surface area (Å²) in [6, 6.07) is 0. The summed E-state index contributed by atoms with van der Waals surface area (Å²) in [6.45, 7) is 4.39. The van der Waals surface area contributed by atoms with Gasteiger partial charge in [0.05, 0.1) is 5.71 Å². The fraction of sp³-hybridized carbons (Fsp3) is 0.737. The molecule has 0 amide bonds. The Hall–Kier alpha value is -1.45. The molecule has 0 spiro atoms. The lowest BCUT2D eigenvalue weighted by Crippen LogP contribution is -2.53. The lowest BCUT2D eigenvalue weighted by atomic mass is 9.47. The minimum atomic E-state index is -0.177. The van der Waals surface area contributed by atoms with Gasteiger partial charge in [-0.25, -0.2) is 0 Å². The number of hydrogen-bond donors (Lipinski definition) is 1. The van der Waals surface area contributed by atoms with Gasteiger partial charge in [0.15, 0.2) is 5.78 Å². The lowest BCUT2D eigenvalue weighted by molar-refractivity contribution is -0.131. The number of hydrogen-bond acceptors (Lipinski definition) is 4. The lowest BCUT2D eigenvalue weighted by Gasteiger charge is -2.56. The molecular formula is C19H25NO3. The van der Waals surface area contributed by atoms with E-state index in [0.717, 1.165) is 31.3 Å². The van der Waals surface area contributed by atoms with Crippen molar-refractivity contribution in [1.29, 1.82) is 0 Å². The summed E-state index contributed by atoms with van der Waals surface area (Å²) in [5.41, 5.74) is 1.39. The molecule has 4 nitrogen and oxygen atoms in total. The summed E-state index contributed by atoms with van der Waals surface area (Å²) in [7, 11) is 0. The molecule has 4 aliphatic carbocycles. The van der Waals surface area contributed by atoms with Crippen molar-refractivity contribution >= 4 is 17.3 Å². The number of Topliss-reactive ketones (excluding diaryl/α,β-unsaturated/α-hetero) is 1. The number of ketones is 2. The van der Waals surface area contributed by atoms with Crippen molar-refractivity contribution in [2.24, 2.45) is 33.7 Å². The average Bonchev–Trinajstić information content (AvgIpc) is 2.83. The fourth-order valence-electron chi connectivity index (χ4n) is 6.28. The molecule has 3 saturated carbocycles. The number of oxime groups is 1. The molecule has 3 fully saturated rings. The Bertz CT molecular complexity index is 649. The molecular weight excluding hydrogens is 290 g/mol. The van der Waals surface area contributed by atoms with Gasteiger partial charge in [-0.2, -0.15) is 0 Å². The summed E-state index contributed by atoms with van der Waals surface area (Å²) in [4.78, 5) is 24.3. The van der Waals surface area contributed by atoms with Crippen LogP contribution in [0, 0.1) is 28.6 Å². The first-order valence-electron chi connectivity index (χ1n) is 8.90. The van der Waals surface area contributed by atoms with Crippen molar-refractivity contribution in [2.45, 2.75) is 58.8 Å². The highest BCUT2D eigenvalue weighted by Gasteiger charge is 2.60. The molecule has 0 aromatic heterocycles. The van der Waals surface area contributed by atoms with Crippen molar-refractivity contribution in [3.05, 3.63) is 11.6 Å². The first-order valence-corrected chi connectivity index (χ1v) is 8.90. The molecule has 0 bridgehead atoms. The highest BCUT2D eigenvalue weighted by molar-refractivity contribution is 6.08. The molecule has 4 heteroatoms. The van der Waals surface area contributed by atoms with Crippen molar-refractivity contribution in [3.8, 4) is 0 Å². The van der Waals surface area contributed by atoms with Gasteiger partial charge in [-0.15, -0.1) is 0 Å². The Morgan fingerprint density at radius 3 is 2.57 bits per heavy atom. The van der Waals surface area contributed by atoms with E-state index in [0.29, 0.717) is 48.5 Å². The van der Waals surface area contributed by atoms with Crippen LogP contribution in [0.3, 0.4) is 0 Å². The van der Waals surface area contributed by atoms with Crippen molar-refractivity contribution in [2.75, 3.05) is 0 Å². The third-order valence-corrected chi connectivity index (χ3v) is 7.64. The second-order valence-corrected chi connectivity index (χ2v) is 8.49. The minimum absolute atomic E-state index is 0.0780. The van der Waals surface area contributed by atoms with Gasteiger partial charge in [0.25, 0.3) is 0 Å². The molecule has 0 aromatic carbocycles. The zero-order valence-corrected chi connectivity index (χ0v) is 14.0. The Kier molecular flexibility index (Phi) is 3.14. The van der Waals surface area contributed by atoms with Crippen molar-refractivity contribution in [3.63, 3.8) is 0 Å². The highest BCUT2D eigenvalue weighted by atomic mass is 16.4. The normalized spacial score (nSPS) is 47.8. The van der Waals surface area contributed by atoms with E-state index in [9.17, 15) is 14.8 Å². The number of carbonyl (C=O) groups excluding carboxylic acids is 2. The Morgan fingerprint density at radius 2 is 1.83 bits per heavy atom. The minimum Gasteiger partial charge on any atom is -0.411 e. The SMILES string of the molecule is C[C@]12CCC(=O)C=C1C(=NO)C[C@@H]1[C@@H]2CC[C@]2(C)C(=O)CC[C@@H]12. The predicted molar refractivity (Wildman–Crippen MR) is 86.3 cm³/mol. The molecule has 124 valence electrons. The number of fused-ring (bicyclic) bond motifs is 5. The monoisotopic (exact) mass is 315 g/mol. The molecule has 0 aromatic rings. The van der Waals surface area contributed by atoms with Crippen LogP contribution in [0.2, 0.25) is 0 Å². The number of carbonyl (C=O) groups is 2. The second-order valence-electron chi connectivity index (χ2n) is 8.49. The van der Waals surface area contributed by atoms with Gasteiger partial charge < -0.3 is 5.21 Å². The zero-order valence-electron chi connectivity index (χ0n) is 14.0. The summed E-state index contributed by atoms with van der Waals surface area (Å²) in [6.07, 6.45) is 7.56. The van der Waals surface area contributed by atoms with Crippen molar-refractivity contribution in [1.82, 2.24) is 0 Å². The second kappa shape index (κ2) is 4.78. The summed E-state index contributed by atoms with van der Waals surface area (Å²) >= 11 is 0. The first-order chi connectivity index (χ1) is 10.9. The van der Waals surface area contributed by atoms with E-state index in [-0.39, 0.29) is 16.6 Å². The predicted octanol–water partition coefficient (Wildman–Crippen LogP) is 3.53. The molecule has 4 aliphatic rings. The zero-order chi connectivity index (χ0) is 16.4. The third kappa shape index (κ3) is 1.87. The summed E-state index contributed by atoms with van der Waals surface area (Å²) in [5, 5.41) is 13.1. The maximum Gasteiger partial charge on any atom is 0.156 e. The summed E-state index contributed by atoms with van der Waals surface area (Å²) < 4.78 is 0. The molecule has 0 radical (unpaired) electrons. The van der Waals surface area contributed by atoms with Crippen LogP contribution in [-0.2, 0) is 9.59 Å². The van der Waals surface area contributed by atoms with Crippen LogP contribution < -0.4 is 0 Å². The highest BCUT2D eigenvalue weighted by Crippen LogP contribution is 2.63. The molecule has 1 N–H and O–H groups in total. The molecule has 5 atom stereocenters. The Morgan fingerprint density at radius 1 is 1.09 bits per heavy atom. The van der Waals surface area contributed by atoms with Gasteiger partial charge in [0, 0.05) is 18.3 Å². The number of rotatable bonds is 0. The van der Waals surface area contributed by atoms with Crippen LogP contribution in [0.4, 0.5) is 0 Å². The maximum absolute atomic E-state index is 12.4. The maximum atomic E-state index is 12.4. The van der Waals surface area contributed by atoms with E-state index in [1.54, 1.807) is 6.08 Å². The van der Waals surface area contributed by atoms with Gasteiger partial charge in [0.2, 0.25) is 0 Å². The molecule has 0 unspecified atom stereocenters. The van der Waals surface area contributed by atoms with E-state index in [4.69, 9.17) is 0 Å². The van der Waals surface area contributed by atoms with Gasteiger partial charge >= 0.3 is 0 Å². The van der Waals surface area contributed by atoms with Gasteiger partial charge in [-0.05, 0) is 66.9 Å². The van der Waals surface area contributed by atoms with Gasteiger partial charge in [-0.1, -0.05) is 19.0 Å². The molecule has 0 heterocycles. The first kappa shape index (κ1) is 15.1. The van der Waals surface area contributed by atoms with E-state index in [1.165, 1.54) is 0 Å². The Balaban J connectivity index is 1.79. The Labute approximate surface area is 137 Å². The number of nitrogens with zero attached hydrogens (tertiary/aromatic N) is 1. The molecule has 0 saturated heterocycles. The van der Waals surface area contributed by atoms with Crippen LogP contribution >= 0.6 is 0 Å².